The molecule has 3 N–H and O–H groups in total. The number of carboxylic acids is 1. The number of ether oxygens (including phenoxy) is 4. The number of phenols is 1. The summed E-state index contributed by atoms with van der Waals surface area (Å²) in [5, 5.41) is 27.6. The molecule has 5 aromatic carbocycles. The average Bonchev–Trinajstić information content (AvgIpc) is 3.14. The molecule has 0 saturated carbocycles. The average molecular weight is 644 g/mol. The molecule has 236 valence electrons. The number of carbonyl (C=O) groups excluding carboxylic acids is 1. The van der Waals surface area contributed by atoms with Crippen molar-refractivity contribution in [2.45, 2.75) is 37.6 Å². The zero-order chi connectivity index (χ0) is 33.1. The van der Waals surface area contributed by atoms with E-state index in [9.17, 15) is 29.4 Å². The van der Waals surface area contributed by atoms with Gasteiger partial charge in [-0.05, 0) is 32.6 Å². The van der Waals surface area contributed by atoms with E-state index in [1.165, 1.54) is 53.2 Å². The number of anilines is 1. The highest BCUT2D eigenvalue weighted by Crippen LogP contribution is 2.59. The third-order valence-corrected chi connectivity index (χ3v) is 10.7. The second-order valence-electron chi connectivity index (χ2n) is 11.9. The molecular weight excluding hydrogens is 614 g/mol. The number of nitrogens with one attached hydrogen (secondary N) is 1. The first-order chi connectivity index (χ1) is 21.9. The maximum atomic E-state index is 14.6. The molecule has 1 aliphatic heterocycles. The van der Waals surface area contributed by atoms with E-state index in [2.05, 4.69) is 5.32 Å². The lowest BCUT2D eigenvalue weighted by molar-refractivity contribution is -0.140. The van der Waals surface area contributed by atoms with Gasteiger partial charge in [0.1, 0.15) is 17.0 Å². The molecule has 0 spiro atoms. The minimum atomic E-state index is -1.43. The topological polar surface area (TPSA) is 158 Å². The molecule has 2 aliphatic rings. The molecule has 11 nitrogen and oxygen atoms in total. The number of allylic oxidation sites excluding steroid dienone is 2. The first-order valence-electron chi connectivity index (χ1n) is 14.3. The lowest BCUT2D eigenvalue weighted by Crippen LogP contribution is -2.47. The Kier molecular flexibility index (Phi) is 6.31. The molecule has 0 fully saturated rings. The standard InChI is InChI=1S/C34H29NO10S/c1-11-8-13-17-20-22-18(27(38)30(44-6)23(20)16(11)12(2)36)14(37)9-15(42-4)19(22)24-21(17)25(28(39)29(13)43-5)26-32(31(24)45-7)46-10-34(3,35-26)33(40)41/h9,35,38H,8,10H2,1-7H3,(H,40,41). The summed E-state index contributed by atoms with van der Waals surface area (Å²) < 4.78 is 23.5. The lowest BCUT2D eigenvalue weighted by Gasteiger charge is -2.35. The van der Waals surface area contributed by atoms with Gasteiger partial charge in [-0.25, -0.2) is 4.79 Å². The minimum absolute atomic E-state index is 0.0132. The van der Waals surface area contributed by atoms with E-state index in [-0.39, 0.29) is 62.8 Å². The van der Waals surface area contributed by atoms with Gasteiger partial charge in [-0.2, -0.15) is 0 Å². The molecule has 0 aromatic heterocycles. The van der Waals surface area contributed by atoms with Crippen LogP contribution in [0.25, 0.3) is 48.7 Å². The second kappa shape index (κ2) is 9.76. The third kappa shape index (κ3) is 3.44. The van der Waals surface area contributed by atoms with Gasteiger partial charge in [0.15, 0.2) is 28.5 Å². The largest absolute Gasteiger partial charge is 0.504 e. The Balaban J connectivity index is 1.97. The monoisotopic (exact) mass is 643 g/mol. The number of phenolic OH excluding ortho intramolecular Hbond substituents is 1. The summed E-state index contributed by atoms with van der Waals surface area (Å²) in [6, 6.07) is 1.26. The molecule has 1 heterocycles. The number of carboxylic acid groups (broad SMARTS) is 1. The Morgan fingerprint density at radius 1 is 0.870 bits per heavy atom. The number of hydrogen-bond acceptors (Lipinski definition) is 11. The van der Waals surface area contributed by atoms with Gasteiger partial charge in [0.05, 0.1) is 49.8 Å². The van der Waals surface area contributed by atoms with Gasteiger partial charge in [0.2, 0.25) is 5.43 Å². The van der Waals surface area contributed by atoms with E-state index < -0.39 is 28.1 Å². The van der Waals surface area contributed by atoms with Crippen LogP contribution in [0, 0.1) is 0 Å². The molecule has 1 aliphatic carbocycles. The summed E-state index contributed by atoms with van der Waals surface area (Å²) in [5.41, 5.74) is -0.577. The zero-order valence-electron chi connectivity index (χ0n) is 26.1. The van der Waals surface area contributed by atoms with Gasteiger partial charge >= 0.3 is 5.97 Å². The Labute approximate surface area is 265 Å². The van der Waals surface area contributed by atoms with Crippen molar-refractivity contribution < 1.29 is 38.7 Å². The fourth-order valence-corrected chi connectivity index (χ4v) is 8.66. The molecule has 1 atom stereocenters. The number of fused-ring (bicyclic) bond motifs is 3. The number of hydrogen-bond donors (Lipinski definition) is 3. The Morgan fingerprint density at radius 3 is 2.11 bits per heavy atom. The highest BCUT2D eigenvalue weighted by Gasteiger charge is 2.42. The van der Waals surface area contributed by atoms with E-state index >= 15 is 0 Å². The van der Waals surface area contributed by atoms with Crippen LogP contribution in [0.2, 0.25) is 0 Å². The first-order valence-corrected chi connectivity index (χ1v) is 15.3. The molecule has 5 aromatic rings. The van der Waals surface area contributed by atoms with Gasteiger partial charge in [0, 0.05) is 55.5 Å². The molecule has 12 heteroatoms. The highest BCUT2D eigenvalue weighted by molar-refractivity contribution is 7.99. The van der Waals surface area contributed by atoms with Crippen LogP contribution < -0.4 is 35.1 Å². The SMILES string of the molecule is COc1c(O)c2c(=O)cc(OC)c3c4c(OC)c5c(c6c(=O)c(OC)c7c(c(c1C(C(C)=O)=C(C)C7)c23)c64)NC(C)(C(=O)O)CS5. The normalized spacial score (nSPS) is 17.5. The number of carbonyl (C=O) groups is 2. The molecule has 0 saturated heterocycles. The molecule has 7 rings (SSSR count). The maximum absolute atomic E-state index is 14.6. The number of thioether (sulfide) groups is 1. The van der Waals surface area contributed by atoms with E-state index in [4.69, 9.17) is 18.9 Å². The van der Waals surface area contributed by atoms with Gasteiger partial charge in [-0.15, -0.1) is 11.8 Å². The Bertz CT molecular complexity index is 2400. The van der Waals surface area contributed by atoms with Crippen LogP contribution in [-0.2, 0) is 16.0 Å². The van der Waals surface area contributed by atoms with Crippen LogP contribution in [0.1, 0.15) is 31.9 Å². The van der Waals surface area contributed by atoms with Crippen LogP contribution in [0.4, 0.5) is 5.69 Å². The van der Waals surface area contributed by atoms with Gasteiger partial charge in [-0.3, -0.25) is 14.4 Å². The lowest BCUT2D eigenvalue weighted by atomic mass is 9.82. The van der Waals surface area contributed by atoms with Gasteiger partial charge in [-0.1, -0.05) is 5.57 Å². The van der Waals surface area contributed by atoms with E-state index in [1.807, 2.05) is 0 Å². The Morgan fingerprint density at radius 2 is 1.52 bits per heavy atom. The van der Waals surface area contributed by atoms with Crippen molar-refractivity contribution in [3.63, 3.8) is 0 Å². The quantitative estimate of drug-likeness (QED) is 0.170. The van der Waals surface area contributed by atoms with Crippen molar-refractivity contribution in [1.82, 2.24) is 0 Å². The molecule has 0 radical (unpaired) electrons. The van der Waals surface area contributed by atoms with Crippen LogP contribution in [0.15, 0.2) is 26.1 Å². The van der Waals surface area contributed by atoms with Crippen LogP contribution in [-0.4, -0.2) is 61.7 Å². The summed E-state index contributed by atoms with van der Waals surface area (Å²) >= 11 is 1.23. The van der Waals surface area contributed by atoms with Crippen LogP contribution >= 0.6 is 11.8 Å². The summed E-state index contributed by atoms with van der Waals surface area (Å²) in [6.45, 7) is 4.71. The van der Waals surface area contributed by atoms with Crippen molar-refractivity contribution in [1.29, 1.82) is 0 Å². The second-order valence-corrected chi connectivity index (χ2v) is 12.8. The van der Waals surface area contributed by atoms with Crippen molar-refractivity contribution >= 4 is 77.9 Å². The maximum Gasteiger partial charge on any atom is 0.329 e. The predicted molar refractivity (Wildman–Crippen MR) is 177 cm³/mol. The highest BCUT2D eigenvalue weighted by atomic mass is 32.2. The number of ketones is 1. The smallest absolute Gasteiger partial charge is 0.329 e. The summed E-state index contributed by atoms with van der Waals surface area (Å²) in [6.07, 6.45) is 0.121. The van der Waals surface area contributed by atoms with Crippen LogP contribution in [0.3, 0.4) is 0 Å². The van der Waals surface area contributed by atoms with Crippen molar-refractivity contribution in [3.05, 3.63) is 43.2 Å². The fourth-order valence-electron chi connectivity index (χ4n) is 7.42. The molecule has 0 bridgehead atoms. The molecular formula is C34H29NO10S. The molecule has 1 unspecified atom stereocenters. The minimum Gasteiger partial charge on any atom is -0.504 e. The van der Waals surface area contributed by atoms with Gasteiger partial charge in [0.25, 0.3) is 0 Å². The number of Topliss-reactive ketones (excluding diaryl/α,β-unsaturated/α-hetero) is 1. The number of aliphatic carboxylic acids is 1. The molecule has 46 heavy (non-hydrogen) atoms. The zero-order valence-corrected chi connectivity index (χ0v) is 26.9. The van der Waals surface area contributed by atoms with Crippen molar-refractivity contribution in [2.75, 3.05) is 39.5 Å². The summed E-state index contributed by atoms with van der Waals surface area (Å²) in [5.74, 6) is -1.28. The van der Waals surface area contributed by atoms with E-state index in [0.29, 0.717) is 54.1 Å². The summed E-state index contributed by atoms with van der Waals surface area (Å²) in [7, 11) is 5.61. The Hall–Kier alpha value is -4.97. The number of benzene rings is 5. The van der Waals surface area contributed by atoms with Crippen molar-refractivity contribution in [3.8, 4) is 28.7 Å². The van der Waals surface area contributed by atoms with E-state index in [0.717, 1.165) is 0 Å². The molecule has 0 amide bonds. The number of rotatable bonds is 6. The van der Waals surface area contributed by atoms with E-state index in [1.54, 1.807) is 13.8 Å². The predicted octanol–water partition coefficient (Wildman–Crippen LogP) is 4.91. The number of aromatic hydroxyl groups is 1. The van der Waals surface area contributed by atoms with Crippen molar-refractivity contribution in [2.24, 2.45) is 0 Å². The fraction of sp³-hybridized carbons (Fsp3) is 0.294. The van der Waals surface area contributed by atoms with Crippen LogP contribution in [0.5, 0.6) is 28.7 Å². The summed E-state index contributed by atoms with van der Waals surface area (Å²) in [4.78, 5) is 54.8. The third-order valence-electron chi connectivity index (χ3n) is 9.28. The number of methoxy groups -OCH3 is 4. The van der Waals surface area contributed by atoms with Gasteiger partial charge < -0.3 is 34.5 Å². The first kappa shape index (κ1) is 29.7.